The van der Waals surface area contributed by atoms with Crippen LogP contribution in [-0.4, -0.2) is 25.2 Å². The number of nitrogens with one attached hydrogen (secondary N) is 2. The zero-order chi connectivity index (χ0) is 18.6. The largest absolute Gasteiger partial charge is 0.465 e. The van der Waals surface area contributed by atoms with Crippen LogP contribution in [0.3, 0.4) is 0 Å². The van der Waals surface area contributed by atoms with Gasteiger partial charge < -0.3 is 20.1 Å². The Morgan fingerprint density at radius 3 is 2.23 bits per heavy atom. The van der Waals surface area contributed by atoms with Crippen molar-refractivity contribution >= 4 is 12.1 Å². The molecule has 0 aliphatic rings. The molecule has 138 valence electrons. The number of benzene rings is 2. The van der Waals surface area contributed by atoms with E-state index in [2.05, 4.69) is 10.6 Å². The fraction of sp³-hybridized carbons (Fsp3) is 0.300. The van der Waals surface area contributed by atoms with E-state index in [9.17, 15) is 9.59 Å². The standard InChI is InChI=1S/C20H24N2O4/c1-2-25-19(23)14-21-12-17-10-6-7-11-18(17)13-22-20(24)26-15-16-8-4-3-5-9-16/h3-11,21H,2,12-15H2,1H3,(H,22,24). The first-order valence-electron chi connectivity index (χ1n) is 8.56. The van der Waals surface area contributed by atoms with Crippen molar-refractivity contribution in [3.05, 3.63) is 71.3 Å². The molecule has 0 saturated heterocycles. The van der Waals surface area contributed by atoms with Crippen molar-refractivity contribution in [1.29, 1.82) is 0 Å². The molecule has 0 aromatic heterocycles. The van der Waals surface area contributed by atoms with Crippen molar-refractivity contribution in [3.8, 4) is 0 Å². The maximum atomic E-state index is 11.9. The summed E-state index contributed by atoms with van der Waals surface area (Å²) in [7, 11) is 0. The summed E-state index contributed by atoms with van der Waals surface area (Å²) in [5.74, 6) is -0.285. The van der Waals surface area contributed by atoms with Gasteiger partial charge in [-0.05, 0) is 23.6 Å². The lowest BCUT2D eigenvalue weighted by Crippen LogP contribution is -2.27. The Kier molecular flexibility index (Phi) is 8.15. The summed E-state index contributed by atoms with van der Waals surface area (Å²) in [6.07, 6.45) is -0.469. The Morgan fingerprint density at radius 1 is 0.885 bits per heavy atom. The normalized spacial score (nSPS) is 10.2. The molecule has 0 bridgehead atoms. The molecule has 6 heteroatoms. The van der Waals surface area contributed by atoms with E-state index in [0.29, 0.717) is 19.7 Å². The molecule has 0 aliphatic heterocycles. The van der Waals surface area contributed by atoms with Crippen LogP contribution in [0.1, 0.15) is 23.6 Å². The molecule has 0 heterocycles. The highest BCUT2D eigenvalue weighted by molar-refractivity contribution is 5.71. The van der Waals surface area contributed by atoms with E-state index < -0.39 is 6.09 Å². The third kappa shape index (κ3) is 6.94. The highest BCUT2D eigenvalue weighted by atomic mass is 16.5. The minimum atomic E-state index is -0.469. The van der Waals surface area contributed by atoms with E-state index in [4.69, 9.17) is 9.47 Å². The second-order valence-corrected chi connectivity index (χ2v) is 5.59. The van der Waals surface area contributed by atoms with Gasteiger partial charge in [0.15, 0.2) is 0 Å². The van der Waals surface area contributed by atoms with Gasteiger partial charge in [0.25, 0.3) is 0 Å². The van der Waals surface area contributed by atoms with E-state index >= 15 is 0 Å². The molecule has 2 aromatic carbocycles. The molecular weight excluding hydrogens is 332 g/mol. The SMILES string of the molecule is CCOC(=O)CNCc1ccccc1CNC(=O)OCc1ccccc1. The number of hydrogen-bond donors (Lipinski definition) is 2. The first-order valence-corrected chi connectivity index (χ1v) is 8.56. The van der Waals surface area contributed by atoms with Crippen LogP contribution in [0.4, 0.5) is 4.79 Å². The van der Waals surface area contributed by atoms with Gasteiger partial charge in [-0.1, -0.05) is 54.6 Å². The average molecular weight is 356 g/mol. The van der Waals surface area contributed by atoms with Crippen molar-refractivity contribution in [1.82, 2.24) is 10.6 Å². The Hall–Kier alpha value is -2.86. The van der Waals surface area contributed by atoms with Gasteiger partial charge in [-0.15, -0.1) is 0 Å². The first kappa shape index (κ1) is 19.5. The lowest BCUT2D eigenvalue weighted by Gasteiger charge is -2.12. The van der Waals surface area contributed by atoms with Crippen molar-refractivity contribution in [2.45, 2.75) is 26.6 Å². The van der Waals surface area contributed by atoms with Crippen LogP contribution in [-0.2, 0) is 34.0 Å². The van der Waals surface area contributed by atoms with Gasteiger partial charge >= 0.3 is 12.1 Å². The van der Waals surface area contributed by atoms with Gasteiger partial charge in [-0.3, -0.25) is 4.79 Å². The number of ether oxygens (including phenoxy) is 2. The number of esters is 1. The zero-order valence-electron chi connectivity index (χ0n) is 14.9. The van der Waals surface area contributed by atoms with Crippen LogP contribution < -0.4 is 10.6 Å². The Balaban J connectivity index is 1.78. The molecule has 0 spiro atoms. The molecule has 2 rings (SSSR count). The van der Waals surface area contributed by atoms with Gasteiger partial charge in [-0.25, -0.2) is 4.79 Å². The third-order valence-corrected chi connectivity index (χ3v) is 3.64. The van der Waals surface area contributed by atoms with Gasteiger partial charge in [0, 0.05) is 13.1 Å². The predicted octanol–water partition coefficient (Wildman–Crippen LogP) is 2.77. The van der Waals surface area contributed by atoms with Crippen molar-refractivity contribution < 1.29 is 19.1 Å². The molecular formula is C20H24N2O4. The van der Waals surface area contributed by atoms with E-state index in [1.165, 1.54) is 0 Å². The predicted molar refractivity (Wildman–Crippen MR) is 98.2 cm³/mol. The molecule has 0 atom stereocenters. The van der Waals surface area contributed by atoms with Gasteiger partial charge in [0.05, 0.1) is 13.2 Å². The fourth-order valence-corrected chi connectivity index (χ4v) is 2.36. The highest BCUT2D eigenvalue weighted by Gasteiger charge is 2.07. The second kappa shape index (κ2) is 10.9. The number of rotatable bonds is 9. The number of hydrogen-bond acceptors (Lipinski definition) is 5. The van der Waals surface area contributed by atoms with E-state index in [1.54, 1.807) is 6.92 Å². The van der Waals surface area contributed by atoms with Crippen LogP contribution in [0.25, 0.3) is 0 Å². The summed E-state index contributed by atoms with van der Waals surface area (Å²) >= 11 is 0. The lowest BCUT2D eigenvalue weighted by atomic mass is 10.1. The number of carbonyl (C=O) groups excluding carboxylic acids is 2. The summed E-state index contributed by atoms with van der Waals surface area (Å²) in [5.41, 5.74) is 2.90. The minimum absolute atomic E-state index is 0.148. The molecule has 0 radical (unpaired) electrons. The third-order valence-electron chi connectivity index (χ3n) is 3.64. The molecule has 2 N–H and O–H groups in total. The fourth-order valence-electron chi connectivity index (χ4n) is 2.36. The molecule has 0 saturated carbocycles. The maximum absolute atomic E-state index is 11.9. The van der Waals surface area contributed by atoms with Gasteiger partial charge in [-0.2, -0.15) is 0 Å². The first-order chi connectivity index (χ1) is 12.7. The second-order valence-electron chi connectivity index (χ2n) is 5.59. The molecule has 1 amide bonds. The van der Waals surface area contributed by atoms with E-state index in [0.717, 1.165) is 16.7 Å². The molecule has 26 heavy (non-hydrogen) atoms. The molecule has 2 aromatic rings. The molecule has 0 unspecified atom stereocenters. The van der Waals surface area contributed by atoms with Crippen LogP contribution in [0, 0.1) is 0 Å². The Bertz CT molecular complexity index is 704. The Labute approximate surface area is 153 Å². The smallest absolute Gasteiger partial charge is 0.407 e. The van der Waals surface area contributed by atoms with Crippen LogP contribution >= 0.6 is 0 Å². The van der Waals surface area contributed by atoms with E-state index in [-0.39, 0.29) is 19.1 Å². The van der Waals surface area contributed by atoms with Crippen molar-refractivity contribution in [3.63, 3.8) is 0 Å². The number of carbonyl (C=O) groups is 2. The molecule has 6 nitrogen and oxygen atoms in total. The minimum Gasteiger partial charge on any atom is -0.465 e. The summed E-state index contributed by atoms with van der Waals surface area (Å²) in [5, 5.41) is 5.79. The number of amides is 1. The van der Waals surface area contributed by atoms with Gasteiger partial charge in [0.1, 0.15) is 6.61 Å². The van der Waals surface area contributed by atoms with Crippen molar-refractivity contribution in [2.24, 2.45) is 0 Å². The highest BCUT2D eigenvalue weighted by Crippen LogP contribution is 2.08. The van der Waals surface area contributed by atoms with Crippen LogP contribution in [0.15, 0.2) is 54.6 Å². The van der Waals surface area contributed by atoms with Crippen LogP contribution in [0.5, 0.6) is 0 Å². The summed E-state index contributed by atoms with van der Waals surface area (Å²) in [4.78, 5) is 23.2. The summed E-state index contributed by atoms with van der Waals surface area (Å²) in [6, 6.07) is 17.2. The van der Waals surface area contributed by atoms with Crippen molar-refractivity contribution in [2.75, 3.05) is 13.2 Å². The molecule has 0 fully saturated rings. The topological polar surface area (TPSA) is 76.7 Å². The van der Waals surface area contributed by atoms with E-state index in [1.807, 2.05) is 54.6 Å². The lowest BCUT2D eigenvalue weighted by molar-refractivity contribution is -0.142. The maximum Gasteiger partial charge on any atom is 0.407 e. The average Bonchev–Trinajstić information content (AvgIpc) is 2.66. The summed E-state index contributed by atoms with van der Waals surface area (Å²) < 4.78 is 10.1. The summed E-state index contributed by atoms with van der Waals surface area (Å²) in [6.45, 7) is 3.38. The molecule has 0 aliphatic carbocycles. The van der Waals surface area contributed by atoms with Gasteiger partial charge in [0.2, 0.25) is 0 Å². The quantitative estimate of drug-likeness (QED) is 0.676. The van der Waals surface area contributed by atoms with Crippen LogP contribution in [0.2, 0.25) is 0 Å². The number of alkyl carbamates (subject to hydrolysis) is 1. The monoisotopic (exact) mass is 356 g/mol. The Morgan fingerprint density at radius 2 is 1.54 bits per heavy atom. The zero-order valence-corrected chi connectivity index (χ0v) is 14.9.